The molecule has 2 aliphatic rings. The number of amides is 2. The van der Waals surface area contributed by atoms with Gasteiger partial charge < -0.3 is 20.2 Å². The minimum atomic E-state index is -1.19. The smallest absolute Gasteiger partial charge is 0.405 e. The Morgan fingerprint density at radius 2 is 1.59 bits per heavy atom. The molecule has 32 heavy (non-hydrogen) atoms. The number of nitrogens with one attached hydrogen (secondary N) is 1. The average molecular weight is 447 g/mol. The maximum Gasteiger partial charge on any atom is 0.405 e. The van der Waals surface area contributed by atoms with E-state index in [0.717, 1.165) is 18.7 Å². The number of nitrogens with zero attached hydrogens (tertiary/aromatic N) is 2. The van der Waals surface area contributed by atoms with Crippen LogP contribution in [0.5, 0.6) is 0 Å². The highest BCUT2D eigenvalue weighted by atomic mass is 19.1. The molecule has 0 radical (unpaired) electrons. The van der Waals surface area contributed by atoms with Gasteiger partial charge in [-0.15, -0.1) is 0 Å². The van der Waals surface area contributed by atoms with Crippen LogP contribution in [0.3, 0.4) is 0 Å². The highest BCUT2D eigenvalue weighted by molar-refractivity contribution is 5.95. The summed E-state index contributed by atoms with van der Waals surface area (Å²) >= 11 is 0. The summed E-state index contributed by atoms with van der Waals surface area (Å²) in [6.07, 6.45) is -0.476. The third-order valence-corrected chi connectivity index (χ3v) is 6.30. The SMILES string of the molecule is O=C(O)NC(CCN1CC2CN(C(=O)c3c(F)cc(F)cc3F)C[C@@H]2C1)c1ccccc1. The Bertz CT molecular complexity index is 967. The van der Waals surface area contributed by atoms with E-state index in [1.165, 1.54) is 4.90 Å². The van der Waals surface area contributed by atoms with Crippen LogP contribution in [0.1, 0.15) is 28.4 Å². The fourth-order valence-electron chi connectivity index (χ4n) is 4.81. The lowest BCUT2D eigenvalue weighted by Gasteiger charge is -2.24. The van der Waals surface area contributed by atoms with E-state index in [4.69, 9.17) is 5.11 Å². The lowest BCUT2D eigenvalue weighted by Crippen LogP contribution is -2.35. The van der Waals surface area contributed by atoms with Crippen LogP contribution in [-0.2, 0) is 0 Å². The van der Waals surface area contributed by atoms with Gasteiger partial charge in [0, 0.05) is 44.9 Å². The van der Waals surface area contributed by atoms with Crippen molar-refractivity contribution in [2.75, 3.05) is 32.7 Å². The molecule has 170 valence electrons. The lowest BCUT2D eigenvalue weighted by molar-refractivity contribution is 0.0764. The zero-order valence-electron chi connectivity index (χ0n) is 17.3. The maximum absolute atomic E-state index is 14.0. The third kappa shape index (κ3) is 4.72. The normalized spacial score (nSPS) is 21.4. The Morgan fingerprint density at radius 3 is 2.16 bits per heavy atom. The largest absolute Gasteiger partial charge is 0.465 e. The van der Waals surface area contributed by atoms with Crippen molar-refractivity contribution >= 4 is 12.0 Å². The van der Waals surface area contributed by atoms with E-state index >= 15 is 0 Å². The first-order valence-electron chi connectivity index (χ1n) is 10.5. The van der Waals surface area contributed by atoms with Crippen LogP contribution >= 0.6 is 0 Å². The molecule has 2 fully saturated rings. The number of hydrogen-bond donors (Lipinski definition) is 2. The van der Waals surface area contributed by atoms with Crippen LogP contribution in [0.25, 0.3) is 0 Å². The molecule has 0 aliphatic carbocycles. The van der Waals surface area contributed by atoms with Crippen LogP contribution in [-0.4, -0.2) is 59.6 Å². The number of halogens is 3. The van der Waals surface area contributed by atoms with Gasteiger partial charge in [-0.05, 0) is 23.8 Å². The van der Waals surface area contributed by atoms with Crippen molar-refractivity contribution in [3.05, 3.63) is 71.0 Å². The second-order valence-electron chi connectivity index (χ2n) is 8.44. The molecule has 0 bridgehead atoms. The van der Waals surface area contributed by atoms with E-state index in [9.17, 15) is 22.8 Å². The number of fused-ring (bicyclic) bond motifs is 1. The number of benzene rings is 2. The van der Waals surface area contributed by atoms with Gasteiger partial charge in [-0.2, -0.15) is 0 Å². The molecular weight excluding hydrogens is 423 g/mol. The van der Waals surface area contributed by atoms with Crippen molar-refractivity contribution < 1.29 is 27.9 Å². The molecule has 2 aromatic carbocycles. The van der Waals surface area contributed by atoms with E-state index < -0.39 is 35.0 Å². The molecule has 0 aromatic heterocycles. The van der Waals surface area contributed by atoms with E-state index in [-0.39, 0.29) is 17.9 Å². The van der Waals surface area contributed by atoms with E-state index in [1.807, 2.05) is 30.3 Å². The second-order valence-corrected chi connectivity index (χ2v) is 8.44. The van der Waals surface area contributed by atoms with Crippen LogP contribution in [0.4, 0.5) is 18.0 Å². The van der Waals surface area contributed by atoms with Gasteiger partial charge in [0.2, 0.25) is 0 Å². The molecule has 6 nitrogen and oxygen atoms in total. The summed E-state index contributed by atoms with van der Waals surface area (Å²) in [7, 11) is 0. The van der Waals surface area contributed by atoms with Gasteiger partial charge in [0.1, 0.15) is 23.0 Å². The van der Waals surface area contributed by atoms with Crippen LogP contribution in [0, 0.1) is 29.3 Å². The van der Waals surface area contributed by atoms with Crippen molar-refractivity contribution in [1.82, 2.24) is 15.1 Å². The van der Waals surface area contributed by atoms with Crippen molar-refractivity contribution in [1.29, 1.82) is 0 Å². The maximum atomic E-state index is 14.0. The monoisotopic (exact) mass is 447 g/mol. The molecule has 3 atom stereocenters. The number of carbonyl (C=O) groups is 2. The molecule has 2 amide bonds. The summed E-state index contributed by atoms with van der Waals surface area (Å²) in [5.74, 6) is -3.85. The van der Waals surface area contributed by atoms with Gasteiger partial charge in [0.15, 0.2) is 0 Å². The van der Waals surface area contributed by atoms with Crippen molar-refractivity contribution in [3.8, 4) is 0 Å². The lowest BCUT2D eigenvalue weighted by atomic mass is 10.0. The van der Waals surface area contributed by atoms with Gasteiger partial charge in [-0.3, -0.25) is 4.79 Å². The van der Waals surface area contributed by atoms with Crippen molar-refractivity contribution in [3.63, 3.8) is 0 Å². The summed E-state index contributed by atoms with van der Waals surface area (Å²) in [5, 5.41) is 11.7. The number of likely N-dealkylation sites (tertiary alicyclic amines) is 2. The summed E-state index contributed by atoms with van der Waals surface area (Å²) in [5.41, 5.74) is 0.183. The standard InChI is InChI=1S/C23H24F3N3O3/c24-17-8-18(25)21(19(26)9-17)22(30)29-12-15-10-28(11-16(15)13-29)7-6-20(27-23(31)32)14-4-2-1-3-5-14/h1-5,8-9,15-16,20,27H,6-7,10-13H2,(H,31,32)/t15-,16?,20?/m0/s1. The summed E-state index contributed by atoms with van der Waals surface area (Å²) in [4.78, 5) is 27.5. The molecule has 2 heterocycles. The zero-order valence-corrected chi connectivity index (χ0v) is 17.3. The summed E-state index contributed by atoms with van der Waals surface area (Å²) in [6, 6.07) is 10.1. The van der Waals surface area contributed by atoms with Crippen LogP contribution in [0.2, 0.25) is 0 Å². The molecular formula is C23H24F3N3O3. The Balaban J connectivity index is 1.34. The Morgan fingerprint density at radius 1 is 1.00 bits per heavy atom. The number of hydrogen-bond acceptors (Lipinski definition) is 3. The Labute approximate surface area is 183 Å². The van der Waals surface area contributed by atoms with E-state index in [2.05, 4.69) is 10.2 Å². The molecule has 4 rings (SSSR count). The predicted molar refractivity (Wildman–Crippen MR) is 111 cm³/mol. The predicted octanol–water partition coefficient (Wildman–Crippen LogP) is 3.51. The number of carboxylic acid groups (broad SMARTS) is 1. The first kappa shape index (κ1) is 22.1. The molecule has 2 aromatic rings. The molecule has 2 N–H and O–H groups in total. The van der Waals surface area contributed by atoms with Crippen molar-refractivity contribution in [2.24, 2.45) is 11.8 Å². The number of rotatable bonds is 6. The average Bonchev–Trinajstić information content (AvgIpc) is 3.29. The number of carbonyl (C=O) groups excluding carboxylic acids is 1. The van der Waals surface area contributed by atoms with Crippen molar-refractivity contribution in [2.45, 2.75) is 12.5 Å². The Kier molecular flexibility index (Phi) is 6.36. The highest BCUT2D eigenvalue weighted by Gasteiger charge is 2.42. The quantitative estimate of drug-likeness (QED) is 0.711. The topological polar surface area (TPSA) is 72.9 Å². The molecule has 2 saturated heterocycles. The fourth-order valence-corrected chi connectivity index (χ4v) is 4.81. The van der Waals surface area contributed by atoms with Gasteiger partial charge >= 0.3 is 6.09 Å². The van der Waals surface area contributed by atoms with Crippen LogP contribution < -0.4 is 5.32 Å². The molecule has 9 heteroatoms. The molecule has 2 unspecified atom stereocenters. The van der Waals surface area contributed by atoms with Gasteiger partial charge in [0.25, 0.3) is 5.91 Å². The zero-order chi connectivity index (χ0) is 22.8. The van der Waals surface area contributed by atoms with Gasteiger partial charge in [-0.1, -0.05) is 30.3 Å². The molecule has 0 spiro atoms. The Hall–Kier alpha value is -3.07. The van der Waals surface area contributed by atoms with E-state index in [1.54, 1.807) is 0 Å². The summed E-state index contributed by atoms with van der Waals surface area (Å²) in [6.45, 7) is 2.88. The van der Waals surface area contributed by atoms with E-state index in [0.29, 0.717) is 38.2 Å². The van der Waals surface area contributed by atoms with Gasteiger partial charge in [-0.25, -0.2) is 18.0 Å². The van der Waals surface area contributed by atoms with Crippen LogP contribution in [0.15, 0.2) is 42.5 Å². The minimum Gasteiger partial charge on any atom is -0.465 e. The van der Waals surface area contributed by atoms with Gasteiger partial charge in [0.05, 0.1) is 6.04 Å². The fraction of sp³-hybridized carbons (Fsp3) is 0.391. The minimum absolute atomic E-state index is 0.174. The molecule has 0 saturated carbocycles. The summed E-state index contributed by atoms with van der Waals surface area (Å²) < 4.78 is 41.1. The highest BCUT2D eigenvalue weighted by Crippen LogP contribution is 2.33. The first-order valence-corrected chi connectivity index (χ1v) is 10.5. The second kappa shape index (κ2) is 9.20. The first-order chi connectivity index (χ1) is 15.3. The third-order valence-electron chi connectivity index (χ3n) is 6.30. The molecule has 2 aliphatic heterocycles.